The molecule has 1 unspecified atom stereocenters. The Bertz CT molecular complexity index is 345. The molecule has 2 nitrogen and oxygen atoms in total. The summed E-state index contributed by atoms with van der Waals surface area (Å²) in [6, 6.07) is 3.44. The molecule has 1 aliphatic rings. The van der Waals surface area contributed by atoms with E-state index in [4.69, 9.17) is 11.6 Å². The Kier molecular flexibility index (Phi) is 1.93. The molecule has 1 aromatic rings. The number of aryl methyl sites for hydroxylation is 1. The van der Waals surface area contributed by atoms with Crippen LogP contribution in [0.25, 0.3) is 0 Å². The van der Waals surface area contributed by atoms with E-state index in [1.165, 1.54) is 5.56 Å². The van der Waals surface area contributed by atoms with Gasteiger partial charge in [0.15, 0.2) is 0 Å². The van der Waals surface area contributed by atoms with Crippen molar-refractivity contribution in [3.05, 3.63) is 33.7 Å². The van der Waals surface area contributed by atoms with Crippen LogP contribution in [0.2, 0.25) is 0 Å². The van der Waals surface area contributed by atoms with Crippen LogP contribution in [-0.4, -0.2) is 4.98 Å². The van der Waals surface area contributed by atoms with Crippen molar-refractivity contribution in [1.29, 1.82) is 0 Å². The molecular weight excluding hydrogens is 174 g/mol. The molecule has 0 bridgehead atoms. The van der Waals surface area contributed by atoms with E-state index in [9.17, 15) is 4.79 Å². The number of alkyl halides is 1. The first-order chi connectivity index (χ1) is 5.77. The Labute approximate surface area is 75.6 Å². The average Bonchev–Trinajstić information content (AvgIpc) is 2.07. The van der Waals surface area contributed by atoms with E-state index in [2.05, 4.69) is 4.98 Å². The van der Waals surface area contributed by atoms with Crippen molar-refractivity contribution in [1.82, 2.24) is 4.98 Å². The van der Waals surface area contributed by atoms with E-state index in [0.717, 1.165) is 25.0 Å². The van der Waals surface area contributed by atoms with Gasteiger partial charge in [-0.3, -0.25) is 4.79 Å². The van der Waals surface area contributed by atoms with Crippen molar-refractivity contribution in [2.75, 3.05) is 0 Å². The summed E-state index contributed by atoms with van der Waals surface area (Å²) in [7, 11) is 0. The largest absolute Gasteiger partial charge is 0.324 e. The predicted octanol–water partition coefficient (Wildman–Crippen LogP) is 1.99. The normalized spacial score (nSPS) is 21.9. The van der Waals surface area contributed by atoms with E-state index in [1.807, 2.05) is 6.07 Å². The number of halogens is 1. The van der Waals surface area contributed by atoms with Crippen molar-refractivity contribution in [3.63, 3.8) is 0 Å². The Morgan fingerprint density at radius 3 is 3.17 bits per heavy atom. The van der Waals surface area contributed by atoms with Crippen LogP contribution in [0.3, 0.4) is 0 Å². The van der Waals surface area contributed by atoms with Crippen molar-refractivity contribution in [3.8, 4) is 0 Å². The van der Waals surface area contributed by atoms with Gasteiger partial charge >= 0.3 is 0 Å². The maximum absolute atomic E-state index is 11.0. The first-order valence-electron chi connectivity index (χ1n) is 4.13. The molecule has 12 heavy (non-hydrogen) atoms. The number of pyridine rings is 1. The Morgan fingerprint density at radius 1 is 1.50 bits per heavy atom. The van der Waals surface area contributed by atoms with Crippen LogP contribution in [0.1, 0.15) is 29.5 Å². The zero-order valence-corrected chi connectivity index (χ0v) is 7.40. The third-order valence-corrected chi connectivity index (χ3v) is 2.69. The Hall–Kier alpha value is -0.760. The van der Waals surface area contributed by atoms with E-state index in [-0.39, 0.29) is 10.9 Å². The molecular formula is C9H10ClNO. The third kappa shape index (κ3) is 1.27. The molecule has 0 saturated heterocycles. The maximum Gasteiger partial charge on any atom is 0.248 e. The smallest absolute Gasteiger partial charge is 0.248 e. The predicted molar refractivity (Wildman–Crippen MR) is 48.6 cm³/mol. The van der Waals surface area contributed by atoms with Gasteiger partial charge in [0.2, 0.25) is 5.56 Å². The molecule has 0 saturated carbocycles. The molecule has 1 heterocycles. The van der Waals surface area contributed by atoms with Gasteiger partial charge in [0.05, 0.1) is 5.38 Å². The van der Waals surface area contributed by atoms with Crippen LogP contribution in [0, 0.1) is 0 Å². The number of aromatic amines is 1. The lowest BCUT2D eigenvalue weighted by Crippen LogP contribution is -2.15. The van der Waals surface area contributed by atoms with Crippen LogP contribution >= 0.6 is 11.6 Å². The topological polar surface area (TPSA) is 32.9 Å². The number of hydrogen-bond donors (Lipinski definition) is 1. The van der Waals surface area contributed by atoms with Crippen LogP contribution in [0.5, 0.6) is 0 Å². The third-order valence-electron chi connectivity index (χ3n) is 2.26. The van der Waals surface area contributed by atoms with Crippen molar-refractivity contribution in [2.45, 2.75) is 24.6 Å². The minimum atomic E-state index is -0.0544. The second-order valence-electron chi connectivity index (χ2n) is 3.12. The van der Waals surface area contributed by atoms with Crippen molar-refractivity contribution < 1.29 is 0 Å². The highest BCUT2D eigenvalue weighted by atomic mass is 35.5. The highest BCUT2D eigenvalue weighted by molar-refractivity contribution is 6.20. The lowest BCUT2D eigenvalue weighted by molar-refractivity contribution is 0.647. The summed E-state index contributed by atoms with van der Waals surface area (Å²) in [5.74, 6) is 0. The fourth-order valence-electron chi connectivity index (χ4n) is 1.63. The molecule has 0 amide bonds. The first-order valence-corrected chi connectivity index (χ1v) is 4.57. The van der Waals surface area contributed by atoms with Gasteiger partial charge < -0.3 is 4.98 Å². The van der Waals surface area contributed by atoms with Gasteiger partial charge in [-0.15, -0.1) is 11.6 Å². The molecule has 0 spiro atoms. The molecule has 1 aromatic heterocycles. The summed E-state index contributed by atoms with van der Waals surface area (Å²) in [6.45, 7) is 0. The molecule has 1 N–H and O–H groups in total. The highest BCUT2D eigenvalue weighted by Crippen LogP contribution is 2.31. The van der Waals surface area contributed by atoms with Gasteiger partial charge in [-0.2, -0.15) is 0 Å². The summed E-state index contributed by atoms with van der Waals surface area (Å²) >= 11 is 6.05. The van der Waals surface area contributed by atoms with Gasteiger partial charge in [-0.25, -0.2) is 0 Å². The zero-order chi connectivity index (χ0) is 8.55. The second-order valence-corrected chi connectivity index (χ2v) is 3.65. The van der Waals surface area contributed by atoms with Gasteiger partial charge in [-0.1, -0.05) is 6.07 Å². The number of nitrogens with one attached hydrogen (secondary N) is 1. The monoisotopic (exact) mass is 183 g/mol. The van der Waals surface area contributed by atoms with Gasteiger partial charge in [0, 0.05) is 11.8 Å². The van der Waals surface area contributed by atoms with Crippen LogP contribution in [-0.2, 0) is 6.42 Å². The SMILES string of the molecule is O=c1ccc2c([nH]1)C(Cl)CCC2. The molecule has 1 atom stereocenters. The van der Waals surface area contributed by atoms with Crippen LogP contribution in [0.4, 0.5) is 0 Å². The standard InChI is InChI=1S/C9H10ClNO/c10-7-3-1-2-6-4-5-8(12)11-9(6)7/h4-5,7H,1-3H2,(H,11,12). The van der Waals surface area contributed by atoms with E-state index < -0.39 is 0 Å². The van der Waals surface area contributed by atoms with E-state index in [0.29, 0.717) is 0 Å². The number of hydrogen-bond acceptors (Lipinski definition) is 1. The summed E-state index contributed by atoms with van der Waals surface area (Å²) in [4.78, 5) is 13.8. The minimum Gasteiger partial charge on any atom is -0.324 e. The van der Waals surface area contributed by atoms with Gasteiger partial charge in [0.1, 0.15) is 0 Å². The second kappa shape index (κ2) is 2.94. The first kappa shape index (κ1) is 7.87. The van der Waals surface area contributed by atoms with Crippen LogP contribution < -0.4 is 5.56 Å². The zero-order valence-electron chi connectivity index (χ0n) is 6.64. The number of rotatable bonds is 0. The molecule has 0 radical (unpaired) electrons. The highest BCUT2D eigenvalue weighted by Gasteiger charge is 2.18. The van der Waals surface area contributed by atoms with Crippen molar-refractivity contribution >= 4 is 11.6 Å². The molecule has 0 fully saturated rings. The summed E-state index contributed by atoms with van der Waals surface area (Å²) in [6.07, 6.45) is 3.12. The molecule has 3 heteroatoms. The van der Waals surface area contributed by atoms with Crippen LogP contribution in [0.15, 0.2) is 16.9 Å². The maximum atomic E-state index is 11.0. The number of aromatic nitrogens is 1. The minimum absolute atomic E-state index is 0.00245. The number of H-pyrrole nitrogens is 1. The number of fused-ring (bicyclic) bond motifs is 1. The van der Waals surface area contributed by atoms with Gasteiger partial charge in [-0.05, 0) is 24.8 Å². The molecule has 64 valence electrons. The fraction of sp³-hybridized carbons (Fsp3) is 0.444. The van der Waals surface area contributed by atoms with Gasteiger partial charge in [0.25, 0.3) is 0 Å². The molecule has 0 aliphatic heterocycles. The Morgan fingerprint density at radius 2 is 2.33 bits per heavy atom. The summed E-state index contributed by atoms with van der Waals surface area (Å²) in [5, 5.41) is 0.00245. The quantitative estimate of drug-likeness (QED) is 0.614. The Balaban J connectivity index is 2.54. The summed E-state index contributed by atoms with van der Waals surface area (Å²) in [5.41, 5.74) is 2.07. The lowest BCUT2D eigenvalue weighted by atomic mass is 9.96. The lowest BCUT2D eigenvalue weighted by Gasteiger charge is -2.19. The molecule has 2 rings (SSSR count). The van der Waals surface area contributed by atoms with E-state index in [1.54, 1.807) is 6.07 Å². The fourth-order valence-corrected chi connectivity index (χ4v) is 1.98. The van der Waals surface area contributed by atoms with E-state index >= 15 is 0 Å². The molecule has 0 aromatic carbocycles. The summed E-state index contributed by atoms with van der Waals surface area (Å²) < 4.78 is 0. The van der Waals surface area contributed by atoms with Crippen molar-refractivity contribution in [2.24, 2.45) is 0 Å². The average molecular weight is 184 g/mol. The molecule has 1 aliphatic carbocycles.